The summed E-state index contributed by atoms with van der Waals surface area (Å²) in [5, 5.41) is 7.36. The molecule has 0 unspecified atom stereocenters. The standard InChI is InChI=1S/C19H20N4O2/c1-3-20-19(24)23-17-9-14-5-4-6-15(16(14)11-21-17)12-25-18-8-7-13(2)10-22-18/h4-11H,3,12H2,1-2H3,(H2,20,21,23,24). The molecule has 2 N–H and O–H groups in total. The number of ether oxygens (including phenoxy) is 1. The van der Waals surface area contributed by atoms with Gasteiger partial charge in [0.25, 0.3) is 0 Å². The van der Waals surface area contributed by atoms with Crippen molar-refractivity contribution >= 4 is 22.6 Å². The van der Waals surface area contributed by atoms with Gasteiger partial charge >= 0.3 is 6.03 Å². The van der Waals surface area contributed by atoms with Crippen molar-refractivity contribution in [3.63, 3.8) is 0 Å². The number of carbonyl (C=O) groups excluding carboxylic acids is 1. The largest absolute Gasteiger partial charge is 0.473 e. The lowest BCUT2D eigenvalue weighted by molar-refractivity contribution is 0.252. The number of pyridine rings is 2. The minimum Gasteiger partial charge on any atom is -0.473 e. The summed E-state index contributed by atoms with van der Waals surface area (Å²) in [5.74, 6) is 1.10. The summed E-state index contributed by atoms with van der Waals surface area (Å²) in [5.41, 5.74) is 2.10. The smallest absolute Gasteiger partial charge is 0.320 e. The Labute approximate surface area is 146 Å². The maximum absolute atomic E-state index is 11.6. The number of urea groups is 1. The summed E-state index contributed by atoms with van der Waals surface area (Å²) in [6, 6.07) is 11.3. The van der Waals surface area contributed by atoms with Crippen molar-refractivity contribution in [2.45, 2.75) is 20.5 Å². The molecule has 0 saturated heterocycles. The number of aryl methyl sites for hydroxylation is 1. The Hall–Kier alpha value is -3.15. The molecule has 0 saturated carbocycles. The van der Waals surface area contributed by atoms with E-state index in [1.165, 1.54) is 0 Å². The molecule has 0 aliphatic carbocycles. The molecule has 0 spiro atoms. The third-order valence-corrected chi connectivity index (χ3v) is 3.69. The van der Waals surface area contributed by atoms with E-state index in [1.807, 2.05) is 50.2 Å². The van der Waals surface area contributed by atoms with Gasteiger partial charge in [-0.05, 0) is 36.4 Å². The summed E-state index contributed by atoms with van der Waals surface area (Å²) in [6.45, 7) is 4.81. The number of benzene rings is 1. The van der Waals surface area contributed by atoms with Crippen LogP contribution >= 0.6 is 0 Å². The zero-order valence-corrected chi connectivity index (χ0v) is 14.2. The second kappa shape index (κ2) is 7.61. The number of fused-ring (bicyclic) bond motifs is 1. The molecule has 0 aliphatic heterocycles. The molecule has 2 amide bonds. The van der Waals surface area contributed by atoms with Gasteiger partial charge in [0, 0.05) is 30.4 Å². The van der Waals surface area contributed by atoms with Crippen molar-refractivity contribution in [1.29, 1.82) is 0 Å². The fourth-order valence-corrected chi connectivity index (χ4v) is 2.44. The number of rotatable bonds is 5. The Kier molecular flexibility index (Phi) is 5.09. The SMILES string of the molecule is CCNC(=O)Nc1cc2cccc(COc3ccc(C)cn3)c2cn1. The number of amides is 2. The zero-order valence-electron chi connectivity index (χ0n) is 14.2. The van der Waals surface area contributed by atoms with Crippen LogP contribution in [-0.2, 0) is 6.61 Å². The van der Waals surface area contributed by atoms with Crippen LogP contribution in [0.25, 0.3) is 10.8 Å². The molecule has 25 heavy (non-hydrogen) atoms. The molecular weight excluding hydrogens is 316 g/mol. The van der Waals surface area contributed by atoms with Crippen molar-refractivity contribution in [2.24, 2.45) is 0 Å². The van der Waals surface area contributed by atoms with Crippen molar-refractivity contribution < 1.29 is 9.53 Å². The zero-order chi connectivity index (χ0) is 17.6. The molecule has 1 aromatic carbocycles. The fraction of sp³-hybridized carbons (Fsp3) is 0.211. The number of aromatic nitrogens is 2. The van der Waals surface area contributed by atoms with E-state index in [0.717, 1.165) is 21.9 Å². The Morgan fingerprint density at radius 3 is 2.80 bits per heavy atom. The molecule has 0 radical (unpaired) electrons. The van der Waals surface area contributed by atoms with E-state index in [9.17, 15) is 4.79 Å². The molecular formula is C19H20N4O2. The molecule has 0 atom stereocenters. The summed E-state index contributed by atoms with van der Waals surface area (Å²) in [6.07, 6.45) is 3.53. The molecule has 0 aliphatic rings. The first-order valence-electron chi connectivity index (χ1n) is 8.13. The molecule has 2 aromatic heterocycles. The Bertz CT molecular complexity index is 878. The predicted octanol–water partition coefficient (Wildman–Crippen LogP) is 3.66. The Balaban J connectivity index is 1.77. The number of anilines is 1. The van der Waals surface area contributed by atoms with E-state index in [-0.39, 0.29) is 6.03 Å². The van der Waals surface area contributed by atoms with Crippen LogP contribution in [0, 0.1) is 6.92 Å². The minimum atomic E-state index is -0.265. The number of nitrogens with zero attached hydrogens (tertiary/aromatic N) is 2. The number of hydrogen-bond acceptors (Lipinski definition) is 4. The van der Waals surface area contributed by atoms with Crippen LogP contribution in [-0.4, -0.2) is 22.5 Å². The maximum atomic E-state index is 11.6. The molecule has 3 rings (SSSR count). The maximum Gasteiger partial charge on any atom is 0.320 e. The van der Waals surface area contributed by atoms with Gasteiger partial charge in [0.05, 0.1) is 0 Å². The quantitative estimate of drug-likeness (QED) is 0.745. The van der Waals surface area contributed by atoms with E-state index in [2.05, 4.69) is 20.6 Å². The highest BCUT2D eigenvalue weighted by Gasteiger charge is 2.06. The highest BCUT2D eigenvalue weighted by atomic mass is 16.5. The number of hydrogen-bond donors (Lipinski definition) is 2. The molecule has 0 fully saturated rings. The van der Waals surface area contributed by atoms with E-state index in [1.54, 1.807) is 12.4 Å². The molecule has 6 nitrogen and oxygen atoms in total. The van der Waals surface area contributed by atoms with Gasteiger partial charge in [-0.2, -0.15) is 0 Å². The first-order chi connectivity index (χ1) is 12.2. The van der Waals surface area contributed by atoms with Gasteiger partial charge in [-0.15, -0.1) is 0 Å². The highest BCUT2D eigenvalue weighted by molar-refractivity contribution is 5.92. The second-order valence-corrected chi connectivity index (χ2v) is 5.65. The van der Waals surface area contributed by atoms with E-state index in [0.29, 0.717) is 24.8 Å². The van der Waals surface area contributed by atoms with Crippen LogP contribution in [0.15, 0.2) is 48.8 Å². The average molecular weight is 336 g/mol. The van der Waals surface area contributed by atoms with Gasteiger partial charge in [0.15, 0.2) is 0 Å². The second-order valence-electron chi connectivity index (χ2n) is 5.65. The first kappa shape index (κ1) is 16.7. The van der Waals surface area contributed by atoms with Crippen LogP contribution in [0.4, 0.5) is 10.6 Å². The number of carbonyl (C=O) groups is 1. The van der Waals surface area contributed by atoms with Crippen LogP contribution in [0.3, 0.4) is 0 Å². The first-order valence-corrected chi connectivity index (χ1v) is 8.13. The van der Waals surface area contributed by atoms with Crippen molar-refractivity contribution in [3.05, 3.63) is 59.9 Å². The van der Waals surface area contributed by atoms with Crippen LogP contribution in [0.1, 0.15) is 18.1 Å². The lowest BCUT2D eigenvalue weighted by atomic mass is 10.1. The number of nitrogens with one attached hydrogen (secondary N) is 2. The van der Waals surface area contributed by atoms with E-state index in [4.69, 9.17) is 4.74 Å². The third kappa shape index (κ3) is 4.23. The van der Waals surface area contributed by atoms with Gasteiger partial charge in [-0.1, -0.05) is 24.3 Å². The van der Waals surface area contributed by atoms with Crippen molar-refractivity contribution in [3.8, 4) is 5.88 Å². The predicted molar refractivity (Wildman–Crippen MR) is 97.7 cm³/mol. The van der Waals surface area contributed by atoms with Crippen LogP contribution < -0.4 is 15.4 Å². The highest BCUT2D eigenvalue weighted by Crippen LogP contribution is 2.22. The molecule has 3 aromatic rings. The van der Waals surface area contributed by atoms with Gasteiger partial charge in [0.1, 0.15) is 12.4 Å². The van der Waals surface area contributed by atoms with Gasteiger partial charge in [-0.3, -0.25) is 5.32 Å². The lowest BCUT2D eigenvalue weighted by Crippen LogP contribution is -2.28. The normalized spacial score (nSPS) is 10.5. The summed E-state index contributed by atoms with van der Waals surface area (Å²) in [4.78, 5) is 20.2. The molecule has 0 bridgehead atoms. The molecule has 128 valence electrons. The van der Waals surface area contributed by atoms with Gasteiger partial charge < -0.3 is 10.1 Å². The minimum absolute atomic E-state index is 0.265. The van der Waals surface area contributed by atoms with Gasteiger partial charge in [0.2, 0.25) is 5.88 Å². The topological polar surface area (TPSA) is 76.1 Å². The van der Waals surface area contributed by atoms with Crippen molar-refractivity contribution in [2.75, 3.05) is 11.9 Å². The van der Waals surface area contributed by atoms with Crippen molar-refractivity contribution in [1.82, 2.24) is 15.3 Å². The van der Waals surface area contributed by atoms with Crippen LogP contribution in [0.5, 0.6) is 5.88 Å². The Morgan fingerprint density at radius 1 is 1.16 bits per heavy atom. The summed E-state index contributed by atoms with van der Waals surface area (Å²) >= 11 is 0. The molecule has 2 heterocycles. The summed E-state index contributed by atoms with van der Waals surface area (Å²) in [7, 11) is 0. The Morgan fingerprint density at radius 2 is 2.04 bits per heavy atom. The lowest BCUT2D eigenvalue weighted by Gasteiger charge is -2.10. The average Bonchev–Trinajstić information content (AvgIpc) is 2.61. The summed E-state index contributed by atoms with van der Waals surface area (Å²) < 4.78 is 5.76. The third-order valence-electron chi connectivity index (χ3n) is 3.69. The monoisotopic (exact) mass is 336 g/mol. The van der Waals surface area contributed by atoms with Gasteiger partial charge in [-0.25, -0.2) is 14.8 Å². The van der Waals surface area contributed by atoms with Crippen LogP contribution in [0.2, 0.25) is 0 Å². The van der Waals surface area contributed by atoms with E-state index >= 15 is 0 Å². The fourth-order valence-electron chi connectivity index (χ4n) is 2.44. The molecule has 6 heteroatoms. The van der Waals surface area contributed by atoms with E-state index < -0.39 is 0 Å².